The Bertz CT molecular complexity index is 370. The standard InChI is InChI=1S/2C7H8O.V/c2*1-6-4-2-3-5-7(6)8;/h2*2-5,8H,1H3;. The van der Waals surface area contributed by atoms with Crippen molar-refractivity contribution in [3.8, 4) is 11.5 Å². The SMILES string of the molecule is Cc1ccccc1O.Cc1ccccc1O.[V]. The average molecular weight is 267 g/mol. The first-order valence-electron chi connectivity index (χ1n) is 5.10. The first-order chi connectivity index (χ1) is 7.61. The summed E-state index contributed by atoms with van der Waals surface area (Å²) in [6.45, 7) is 3.74. The van der Waals surface area contributed by atoms with E-state index in [0.29, 0.717) is 11.5 Å². The van der Waals surface area contributed by atoms with Gasteiger partial charge in [-0.3, -0.25) is 0 Å². The molecule has 0 heterocycles. The van der Waals surface area contributed by atoms with Crippen molar-refractivity contribution in [3.05, 3.63) is 59.7 Å². The van der Waals surface area contributed by atoms with Gasteiger partial charge < -0.3 is 10.2 Å². The van der Waals surface area contributed by atoms with Crippen molar-refractivity contribution >= 4 is 0 Å². The number of aryl methyl sites for hydroxylation is 2. The molecule has 0 spiro atoms. The second-order valence-corrected chi connectivity index (χ2v) is 3.57. The smallest absolute Gasteiger partial charge is 0.118 e. The minimum atomic E-state index is 0. The van der Waals surface area contributed by atoms with Crippen LogP contribution in [0.5, 0.6) is 11.5 Å². The fourth-order valence-corrected chi connectivity index (χ4v) is 1.13. The van der Waals surface area contributed by atoms with Gasteiger partial charge in [0, 0.05) is 18.6 Å². The molecule has 0 saturated heterocycles. The van der Waals surface area contributed by atoms with Crippen LogP contribution in [0.1, 0.15) is 11.1 Å². The van der Waals surface area contributed by atoms with Gasteiger partial charge in [-0.25, -0.2) is 0 Å². The van der Waals surface area contributed by atoms with Crippen LogP contribution in [0.4, 0.5) is 0 Å². The zero-order valence-electron chi connectivity index (χ0n) is 9.96. The van der Waals surface area contributed by atoms with E-state index in [1.54, 1.807) is 12.1 Å². The molecule has 0 aliphatic heterocycles. The maximum absolute atomic E-state index is 8.92. The van der Waals surface area contributed by atoms with Crippen LogP contribution in [0.2, 0.25) is 0 Å². The van der Waals surface area contributed by atoms with Gasteiger partial charge in [-0.1, -0.05) is 36.4 Å². The predicted molar refractivity (Wildman–Crippen MR) is 65.7 cm³/mol. The molecule has 17 heavy (non-hydrogen) atoms. The molecule has 89 valence electrons. The van der Waals surface area contributed by atoms with Gasteiger partial charge in [0.1, 0.15) is 11.5 Å². The molecule has 2 aromatic rings. The summed E-state index contributed by atoms with van der Waals surface area (Å²) in [6, 6.07) is 14.5. The Morgan fingerprint density at radius 1 is 0.647 bits per heavy atom. The molecule has 0 fully saturated rings. The summed E-state index contributed by atoms with van der Waals surface area (Å²) < 4.78 is 0. The number of benzene rings is 2. The van der Waals surface area contributed by atoms with Gasteiger partial charge in [-0.05, 0) is 37.1 Å². The van der Waals surface area contributed by atoms with Crippen LogP contribution in [0.15, 0.2) is 48.5 Å². The van der Waals surface area contributed by atoms with Crippen LogP contribution >= 0.6 is 0 Å². The van der Waals surface area contributed by atoms with Gasteiger partial charge in [0.05, 0.1) is 0 Å². The van der Waals surface area contributed by atoms with Crippen LogP contribution in [0, 0.1) is 13.8 Å². The van der Waals surface area contributed by atoms with Crippen molar-refractivity contribution < 1.29 is 28.8 Å². The maximum Gasteiger partial charge on any atom is 0.118 e. The Balaban J connectivity index is 0.000000284. The van der Waals surface area contributed by atoms with Gasteiger partial charge in [-0.15, -0.1) is 0 Å². The van der Waals surface area contributed by atoms with Gasteiger partial charge in [0.15, 0.2) is 0 Å². The van der Waals surface area contributed by atoms with Crippen molar-refractivity contribution in [2.75, 3.05) is 0 Å². The monoisotopic (exact) mass is 267 g/mol. The van der Waals surface area contributed by atoms with E-state index in [9.17, 15) is 0 Å². The molecule has 1 radical (unpaired) electrons. The normalized spacial score (nSPS) is 8.59. The van der Waals surface area contributed by atoms with Crippen molar-refractivity contribution in [1.82, 2.24) is 0 Å². The summed E-state index contributed by atoms with van der Waals surface area (Å²) in [5.74, 6) is 0.736. The van der Waals surface area contributed by atoms with Gasteiger partial charge in [0.2, 0.25) is 0 Å². The minimum absolute atomic E-state index is 0. The second kappa shape index (κ2) is 7.83. The second-order valence-electron chi connectivity index (χ2n) is 3.57. The molecule has 0 aromatic heterocycles. The molecule has 0 unspecified atom stereocenters. The van der Waals surface area contributed by atoms with E-state index in [1.165, 1.54) is 0 Å². The molecule has 2 N–H and O–H groups in total. The number of phenolic OH excluding ortho intramolecular Hbond substituents is 2. The fourth-order valence-electron chi connectivity index (χ4n) is 1.13. The Morgan fingerprint density at radius 2 is 0.941 bits per heavy atom. The Labute approximate surface area is 114 Å². The van der Waals surface area contributed by atoms with Gasteiger partial charge >= 0.3 is 0 Å². The van der Waals surface area contributed by atoms with Gasteiger partial charge in [0.25, 0.3) is 0 Å². The number of phenols is 2. The summed E-state index contributed by atoms with van der Waals surface area (Å²) in [4.78, 5) is 0. The minimum Gasteiger partial charge on any atom is -0.508 e. The van der Waals surface area contributed by atoms with E-state index in [2.05, 4.69) is 0 Å². The molecular formula is C14H16O2V. The van der Waals surface area contributed by atoms with E-state index in [4.69, 9.17) is 10.2 Å². The van der Waals surface area contributed by atoms with Crippen LogP contribution in [0.25, 0.3) is 0 Å². The van der Waals surface area contributed by atoms with Crippen LogP contribution < -0.4 is 0 Å². The summed E-state index contributed by atoms with van der Waals surface area (Å²) in [7, 11) is 0. The molecule has 0 aliphatic rings. The molecule has 0 saturated carbocycles. The van der Waals surface area contributed by atoms with E-state index in [-0.39, 0.29) is 18.6 Å². The first-order valence-corrected chi connectivity index (χ1v) is 5.10. The molecular weight excluding hydrogens is 251 g/mol. The molecule has 0 atom stereocenters. The quantitative estimate of drug-likeness (QED) is 0.768. The van der Waals surface area contributed by atoms with Crippen LogP contribution in [-0.2, 0) is 18.6 Å². The molecule has 2 nitrogen and oxygen atoms in total. The number of rotatable bonds is 0. The first kappa shape index (κ1) is 15.6. The summed E-state index contributed by atoms with van der Waals surface area (Å²) >= 11 is 0. The third-order valence-corrected chi connectivity index (χ3v) is 2.23. The van der Waals surface area contributed by atoms with E-state index >= 15 is 0 Å². The maximum atomic E-state index is 8.92. The predicted octanol–water partition coefficient (Wildman–Crippen LogP) is 3.40. The number of hydrogen-bond acceptors (Lipinski definition) is 2. The van der Waals surface area contributed by atoms with Crippen molar-refractivity contribution in [2.24, 2.45) is 0 Å². The van der Waals surface area contributed by atoms with Crippen molar-refractivity contribution in [2.45, 2.75) is 13.8 Å². The number of para-hydroxylation sites is 2. The molecule has 0 bridgehead atoms. The van der Waals surface area contributed by atoms with E-state index < -0.39 is 0 Å². The van der Waals surface area contributed by atoms with Crippen LogP contribution in [0.3, 0.4) is 0 Å². The van der Waals surface area contributed by atoms with Crippen molar-refractivity contribution in [1.29, 1.82) is 0 Å². The zero-order chi connectivity index (χ0) is 12.0. The van der Waals surface area contributed by atoms with E-state index in [1.807, 2.05) is 50.2 Å². The number of hydrogen-bond donors (Lipinski definition) is 2. The summed E-state index contributed by atoms with van der Waals surface area (Å²) in [5.41, 5.74) is 1.85. The Hall–Kier alpha value is -1.38. The Kier molecular flexibility index (Phi) is 7.19. The summed E-state index contributed by atoms with van der Waals surface area (Å²) in [6.07, 6.45) is 0. The fraction of sp³-hybridized carbons (Fsp3) is 0.143. The topological polar surface area (TPSA) is 40.5 Å². The van der Waals surface area contributed by atoms with E-state index in [0.717, 1.165) is 11.1 Å². The molecule has 3 heteroatoms. The zero-order valence-corrected chi connectivity index (χ0v) is 11.4. The van der Waals surface area contributed by atoms with Gasteiger partial charge in [-0.2, -0.15) is 0 Å². The molecule has 0 amide bonds. The molecule has 2 rings (SSSR count). The van der Waals surface area contributed by atoms with Crippen LogP contribution in [-0.4, -0.2) is 10.2 Å². The third kappa shape index (κ3) is 5.48. The third-order valence-electron chi connectivity index (χ3n) is 2.23. The van der Waals surface area contributed by atoms with Crippen molar-refractivity contribution in [3.63, 3.8) is 0 Å². The summed E-state index contributed by atoms with van der Waals surface area (Å²) in [5, 5.41) is 17.8. The molecule has 2 aromatic carbocycles. The number of aromatic hydroxyl groups is 2. The largest absolute Gasteiger partial charge is 0.508 e. The average Bonchev–Trinajstić information content (AvgIpc) is 2.28. The Morgan fingerprint density at radius 3 is 1.12 bits per heavy atom. The molecule has 0 aliphatic carbocycles.